The van der Waals surface area contributed by atoms with Crippen LogP contribution in [-0.4, -0.2) is 46.2 Å². The standard InChI is InChI=1S/C20H22N2O3S2/c23-27(24,18-8-7-16-4-1-2-5-17(16)14-18)21-15-19(20-6-3-13-26-20)22-9-11-25-12-10-22/h1-8,13-14,19,21H,9-12,15H2. The van der Waals surface area contributed by atoms with Crippen molar-refractivity contribution in [2.75, 3.05) is 32.8 Å². The molecule has 5 nitrogen and oxygen atoms in total. The molecule has 1 fully saturated rings. The average molecular weight is 403 g/mol. The van der Waals surface area contributed by atoms with Gasteiger partial charge in [-0.2, -0.15) is 0 Å². The van der Waals surface area contributed by atoms with E-state index in [1.165, 1.54) is 0 Å². The van der Waals surface area contributed by atoms with E-state index in [4.69, 9.17) is 4.74 Å². The highest BCUT2D eigenvalue weighted by Crippen LogP contribution is 2.26. The van der Waals surface area contributed by atoms with Crippen molar-refractivity contribution in [2.45, 2.75) is 10.9 Å². The van der Waals surface area contributed by atoms with E-state index in [0.29, 0.717) is 24.7 Å². The van der Waals surface area contributed by atoms with E-state index >= 15 is 0 Å². The lowest BCUT2D eigenvalue weighted by Gasteiger charge is -2.34. The third-order valence-corrected chi connectivity index (χ3v) is 7.25. The van der Waals surface area contributed by atoms with Gasteiger partial charge < -0.3 is 4.74 Å². The van der Waals surface area contributed by atoms with Gasteiger partial charge in [-0.1, -0.05) is 36.4 Å². The van der Waals surface area contributed by atoms with Crippen LogP contribution in [0.4, 0.5) is 0 Å². The predicted octanol–water partition coefficient (Wildman–Crippen LogP) is 3.25. The second-order valence-electron chi connectivity index (χ2n) is 6.54. The minimum absolute atomic E-state index is 0.0177. The van der Waals surface area contributed by atoms with E-state index in [1.807, 2.05) is 41.8 Å². The van der Waals surface area contributed by atoms with E-state index in [0.717, 1.165) is 28.7 Å². The Morgan fingerprint density at radius 1 is 1.04 bits per heavy atom. The summed E-state index contributed by atoms with van der Waals surface area (Å²) in [5, 5.41) is 3.98. The number of sulfonamides is 1. The summed E-state index contributed by atoms with van der Waals surface area (Å²) in [4.78, 5) is 3.75. The number of rotatable bonds is 6. The van der Waals surface area contributed by atoms with Crippen LogP contribution >= 0.6 is 11.3 Å². The second-order valence-corrected chi connectivity index (χ2v) is 9.29. The van der Waals surface area contributed by atoms with Gasteiger partial charge in [0.2, 0.25) is 10.0 Å². The molecule has 27 heavy (non-hydrogen) atoms. The van der Waals surface area contributed by atoms with Gasteiger partial charge in [0.15, 0.2) is 0 Å². The van der Waals surface area contributed by atoms with Crippen LogP contribution < -0.4 is 4.72 Å². The maximum absolute atomic E-state index is 12.9. The molecule has 1 aliphatic rings. The van der Waals surface area contributed by atoms with Gasteiger partial charge in [0.1, 0.15) is 0 Å². The summed E-state index contributed by atoms with van der Waals surface area (Å²) in [6.45, 7) is 3.31. The minimum atomic E-state index is -3.58. The topological polar surface area (TPSA) is 58.6 Å². The fourth-order valence-corrected chi connectivity index (χ4v) is 5.32. The number of hydrogen-bond acceptors (Lipinski definition) is 5. The summed E-state index contributed by atoms with van der Waals surface area (Å²) in [5.74, 6) is 0. The molecule has 0 saturated carbocycles. The summed E-state index contributed by atoms with van der Waals surface area (Å²) in [6, 6.07) is 17.1. The first kappa shape index (κ1) is 18.6. The number of benzene rings is 2. The number of ether oxygens (including phenoxy) is 1. The van der Waals surface area contributed by atoms with E-state index < -0.39 is 10.0 Å². The van der Waals surface area contributed by atoms with Crippen molar-refractivity contribution in [3.63, 3.8) is 0 Å². The van der Waals surface area contributed by atoms with Gasteiger partial charge in [0, 0.05) is 24.5 Å². The Labute approximate surface area is 163 Å². The van der Waals surface area contributed by atoms with Crippen LogP contribution in [0.3, 0.4) is 0 Å². The number of nitrogens with one attached hydrogen (secondary N) is 1. The number of nitrogens with zero attached hydrogens (tertiary/aromatic N) is 1. The van der Waals surface area contributed by atoms with Gasteiger partial charge >= 0.3 is 0 Å². The lowest BCUT2D eigenvalue weighted by atomic mass is 10.1. The number of hydrogen-bond donors (Lipinski definition) is 1. The van der Waals surface area contributed by atoms with Crippen molar-refractivity contribution < 1.29 is 13.2 Å². The van der Waals surface area contributed by atoms with E-state index in [2.05, 4.69) is 15.7 Å². The third-order valence-electron chi connectivity index (χ3n) is 4.86. The minimum Gasteiger partial charge on any atom is -0.379 e. The van der Waals surface area contributed by atoms with E-state index in [9.17, 15) is 8.42 Å². The highest BCUT2D eigenvalue weighted by atomic mass is 32.2. The highest BCUT2D eigenvalue weighted by molar-refractivity contribution is 7.89. The van der Waals surface area contributed by atoms with Crippen LogP contribution in [0.1, 0.15) is 10.9 Å². The summed E-state index contributed by atoms with van der Waals surface area (Å²) < 4.78 is 34.0. The molecule has 1 atom stereocenters. The quantitative estimate of drug-likeness (QED) is 0.688. The highest BCUT2D eigenvalue weighted by Gasteiger charge is 2.25. The van der Waals surface area contributed by atoms with Crippen LogP contribution in [0.5, 0.6) is 0 Å². The van der Waals surface area contributed by atoms with Crippen LogP contribution in [0.25, 0.3) is 10.8 Å². The van der Waals surface area contributed by atoms with Gasteiger partial charge in [0.25, 0.3) is 0 Å². The van der Waals surface area contributed by atoms with Crippen molar-refractivity contribution in [1.29, 1.82) is 0 Å². The summed E-state index contributed by atoms with van der Waals surface area (Å²) in [7, 11) is -3.58. The first-order chi connectivity index (χ1) is 13.1. The van der Waals surface area contributed by atoms with Crippen molar-refractivity contribution in [3.05, 3.63) is 64.9 Å². The van der Waals surface area contributed by atoms with Crippen LogP contribution in [-0.2, 0) is 14.8 Å². The molecule has 142 valence electrons. The van der Waals surface area contributed by atoms with Crippen LogP contribution in [0.15, 0.2) is 64.9 Å². The molecule has 2 aromatic carbocycles. The fourth-order valence-electron chi connectivity index (χ4n) is 3.39. The molecule has 7 heteroatoms. The third kappa shape index (κ3) is 4.23. The first-order valence-electron chi connectivity index (χ1n) is 8.97. The lowest BCUT2D eigenvalue weighted by Crippen LogP contribution is -2.43. The smallest absolute Gasteiger partial charge is 0.240 e. The Bertz CT molecular complexity index is 997. The average Bonchev–Trinajstić information content (AvgIpc) is 3.23. The summed E-state index contributed by atoms with van der Waals surface area (Å²) in [5.41, 5.74) is 0. The molecule has 1 aliphatic heterocycles. The van der Waals surface area contributed by atoms with Crippen molar-refractivity contribution in [3.8, 4) is 0 Å². The maximum atomic E-state index is 12.9. The second kappa shape index (κ2) is 8.08. The predicted molar refractivity (Wildman–Crippen MR) is 109 cm³/mol. The van der Waals surface area contributed by atoms with Crippen LogP contribution in [0, 0.1) is 0 Å². The number of fused-ring (bicyclic) bond motifs is 1. The Kier molecular flexibility index (Phi) is 5.56. The Morgan fingerprint density at radius 3 is 2.56 bits per heavy atom. The van der Waals surface area contributed by atoms with Gasteiger partial charge in [0.05, 0.1) is 24.2 Å². The zero-order valence-electron chi connectivity index (χ0n) is 14.9. The molecule has 1 N–H and O–H groups in total. The largest absolute Gasteiger partial charge is 0.379 e. The SMILES string of the molecule is O=S(=O)(NCC(c1cccs1)N1CCOCC1)c1ccc2ccccc2c1. The first-order valence-corrected chi connectivity index (χ1v) is 11.3. The van der Waals surface area contributed by atoms with Gasteiger partial charge in [-0.25, -0.2) is 13.1 Å². The van der Waals surface area contributed by atoms with Crippen molar-refractivity contribution in [1.82, 2.24) is 9.62 Å². The Balaban J connectivity index is 1.54. The van der Waals surface area contributed by atoms with E-state index in [1.54, 1.807) is 23.5 Å². The Hall–Kier alpha value is -1.77. The molecular formula is C20H22N2O3S2. The monoisotopic (exact) mass is 402 g/mol. The molecule has 0 radical (unpaired) electrons. The fraction of sp³-hybridized carbons (Fsp3) is 0.300. The molecule has 1 unspecified atom stereocenters. The molecule has 0 spiro atoms. The van der Waals surface area contributed by atoms with Crippen LogP contribution in [0.2, 0.25) is 0 Å². The van der Waals surface area contributed by atoms with Gasteiger partial charge in [-0.15, -0.1) is 11.3 Å². The molecule has 0 aliphatic carbocycles. The van der Waals surface area contributed by atoms with Crippen molar-refractivity contribution >= 4 is 32.1 Å². The number of thiophene rings is 1. The molecule has 0 bridgehead atoms. The van der Waals surface area contributed by atoms with Crippen molar-refractivity contribution in [2.24, 2.45) is 0 Å². The van der Waals surface area contributed by atoms with Gasteiger partial charge in [-0.05, 0) is 34.4 Å². The normalized spacial score (nSPS) is 17.2. The zero-order valence-corrected chi connectivity index (χ0v) is 16.5. The molecule has 0 amide bonds. The lowest BCUT2D eigenvalue weighted by molar-refractivity contribution is 0.0179. The number of morpholine rings is 1. The molecule has 4 rings (SSSR count). The van der Waals surface area contributed by atoms with Gasteiger partial charge in [-0.3, -0.25) is 4.90 Å². The molecular weight excluding hydrogens is 380 g/mol. The summed E-state index contributed by atoms with van der Waals surface area (Å²) in [6.07, 6.45) is 0. The Morgan fingerprint density at radius 2 is 1.81 bits per heavy atom. The molecule has 1 saturated heterocycles. The van der Waals surface area contributed by atoms with E-state index in [-0.39, 0.29) is 6.04 Å². The molecule has 3 aromatic rings. The molecule has 1 aromatic heterocycles. The zero-order chi connectivity index (χ0) is 18.7. The molecule has 2 heterocycles. The summed E-state index contributed by atoms with van der Waals surface area (Å²) >= 11 is 1.66. The maximum Gasteiger partial charge on any atom is 0.240 e.